The number of nitrogens with zero attached hydrogens (tertiary/aromatic N) is 1. The van der Waals surface area contributed by atoms with Crippen molar-refractivity contribution in [1.29, 1.82) is 0 Å². The van der Waals surface area contributed by atoms with Gasteiger partial charge in [-0.25, -0.2) is 4.39 Å². The molecule has 0 N–H and O–H groups in total. The van der Waals surface area contributed by atoms with E-state index in [9.17, 15) is 14.5 Å². The van der Waals surface area contributed by atoms with Crippen LogP contribution in [-0.4, -0.2) is 11.0 Å². The van der Waals surface area contributed by atoms with E-state index < -0.39 is 12.1 Å². The zero-order valence-electron chi connectivity index (χ0n) is 10.5. The first-order valence-electron chi connectivity index (χ1n) is 6.28. The molecule has 1 aliphatic rings. The van der Waals surface area contributed by atoms with Crippen molar-refractivity contribution >= 4 is 0 Å². The zero-order valence-corrected chi connectivity index (χ0v) is 10.5. The first-order valence-corrected chi connectivity index (χ1v) is 6.28. The van der Waals surface area contributed by atoms with E-state index in [2.05, 4.69) is 0 Å². The van der Waals surface area contributed by atoms with E-state index in [-0.39, 0.29) is 10.7 Å². The summed E-state index contributed by atoms with van der Waals surface area (Å²) in [5, 5.41) is 11.3. The van der Waals surface area contributed by atoms with Crippen LogP contribution < -0.4 is 4.74 Å². The number of para-hydroxylation sites is 1. The van der Waals surface area contributed by atoms with Crippen LogP contribution in [0.1, 0.15) is 17.2 Å². The third kappa shape index (κ3) is 2.22. The fraction of sp³-hybridized carbons (Fsp3) is 0.200. The van der Waals surface area contributed by atoms with Gasteiger partial charge in [0.05, 0.1) is 0 Å². The maximum atomic E-state index is 13.0. The summed E-state index contributed by atoms with van der Waals surface area (Å²) < 4.78 is 18.7. The number of fused-ring (bicyclic) bond motifs is 1. The highest BCUT2D eigenvalue weighted by Gasteiger charge is 2.39. The molecule has 2 aromatic carbocycles. The highest BCUT2D eigenvalue weighted by Crippen LogP contribution is 2.36. The molecule has 3 rings (SSSR count). The Bertz CT molecular complexity index is 642. The maximum Gasteiger partial charge on any atom is 0.257 e. The maximum absolute atomic E-state index is 13.0. The molecule has 102 valence electrons. The van der Waals surface area contributed by atoms with Gasteiger partial charge in [-0.3, -0.25) is 10.1 Å². The topological polar surface area (TPSA) is 52.4 Å². The summed E-state index contributed by atoms with van der Waals surface area (Å²) in [6.45, 7) is 0. The molecule has 0 saturated heterocycles. The van der Waals surface area contributed by atoms with Crippen LogP contribution in [0.5, 0.6) is 5.75 Å². The van der Waals surface area contributed by atoms with Crippen LogP contribution in [0.3, 0.4) is 0 Å². The molecule has 0 bridgehead atoms. The first kappa shape index (κ1) is 12.6. The molecular formula is C15H12FNO3. The van der Waals surface area contributed by atoms with Gasteiger partial charge in [-0.2, -0.15) is 0 Å². The predicted molar refractivity (Wildman–Crippen MR) is 70.7 cm³/mol. The van der Waals surface area contributed by atoms with Crippen molar-refractivity contribution in [1.82, 2.24) is 0 Å². The molecule has 0 aromatic heterocycles. The van der Waals surface area contributed by atoms with E-state index in [1.165, 1.54) is 24.3 Å². The summed E-state index contributed by atoms with van der Waals surface area (Å²) in [5.74, 6) is 0.280. The Kier molecular flexibility index (Phi) is 3.10. The molecule has 20 heavy (non-hydrogen) atoms. The fourth-order valence-electron chi connectivity index (χ4n) is 2.46. The lowest BCUT2D eigenvalue weighted by Gasteiger charge is -2.28. The average Bonchev–Trinajstić information content (AvgIpc) is 2.46. The highest BCUT2D eigenvalue weighted by molar-refractivity contribution is 5.37. The monoisotopic (exact) mass is 273 g/mol. The van der Waals surface area contributed by atoms with Crippen molar-refractivity contribution in [2.24, 2.45) is 0 Å². The summed E-state index contributed by atoms with van der Waals surface area (Å²) in [7, 11) is 0. The Hall–Kier alpha value is -2.43. The van der Waals surface area contributed by atoms with Crippen molar-refractivity contribution in [3.63, 3.8) is 0 Å². The van der Waals surface area contributed by atoms with Gasteiger partial charge in [-0.1, -0.05) is 30.3 Å². The van der Waals surface area contributed by atoms with Gasteiger partial charge < -0.3 is 4.74 Å². The van der Waals surface area contributed by atoms with Gasteiger partial charge in [0.2, 0.25) is 0 Å². The minimum Gasteiger partial charge on any atom is -0.478 e. The summed E-state index contributed by atoms with van der Waals surface area (Å²) in [5.41, 5.74) is 1.44. The largest absolute Gasteiger partial charge is 0.478 e. The lowest BCUT2D eigenvalue weighted by atomic mass is 9.93. The summed E-state index contributed by atoms with van der Waals surface area (Å²) in [6.07, 6.45) is -0.383. The molecule has 1 aliphatic heterocycles. The second kappa shape index (κ2) is 4.92. The Morgan fingerprint density at radius 1 is 1.15 bits per heavy atom. The number of rotatable bonds is 2. The second-order valence-electron chi connectivity index (χ2n) is 4.75. The molecule has 1 heterocycles. The van der Waals surface area contributed by atoms with E-state index in [1.54, 1.807) is 6.07 Å². The lowest BCUT2D eigenvalue weighted by Crippen LogP contribution is -2.36. The third-order valence-electron chi connectivity index (χ3n) is 3.47. The first-order chi connectivity index (χ1) is 9.65. The average molecular weight is 273 g/mol. The summed E-state index contributed by atoms with van der Waals surface area (Å²) in [4.78, 5) is 10.9. The van der Waals surface area contributed by atoms with Gasteiger partial charge in [-0.05, 0) is 23.8 Å². The molecule has 0 amide bonds. The number of nitro groups is 1. The van der Waals surface area contributed by atoms with Crippen molar-refractivity contribution in [3.8, 4) is 5.75 Å². The molecule has 4 nitrogen and oxygen atoms in total. The molecule has 2 atom stereocenters. The molecule has 0 aliphatic carbocycles. The van der Waals surface area contributed by atoms with E-state index in [4.69, 9.17) is 4.74 Å². The zero-order chi connectivity index (χ0) is 14.1. The number of halogens is 1. The van der Waals surface area contributed by atoms with E-state index in [1.807, 2.05) is 18.2 Å². The van der Waals surface area contributed by atoms with Crippen molar-refractivity contribution in [3.05, 3.63) is 75.6 Å². The van der Waals surface area contributed by atoms with Crippen molar-refractivity contribution in [2.75, 3.05) is 0 Å². The van der Waals surface area contributed by atoms with Gasteiger partial charge in [0.1, 0.15) is 11.6 Å². The van der Waals surface area contributed by atoms with E-state index in [0.29, 0.717) is 17.7 Å². The van der Waals surface area contributed by atoms with Crippen LogP contribution in [0.4, 0.5) is 4.39 Å². The Morgan fingerprint density at radius 3 is 2.55 bits per heavy atom. The van der Waals surface area contributed by atoms with Gasteiger partial charge in [0, 0.05) is 16.9 Å². The minimum atomic E-state index is -0.865. The smallest absolute Gasteiger partial charge is 0.257 e. The Labute approximate surface area is 115 Å². The molecule has 5 heteroatoms. The Balaban J connectivity index is 2.00. The second-order valence-corrected chi connectivity index (χ2v) is 4.75. The van der Waals surface area contributed by atoms with Gasteiger partial charge in [0.15, 0.2) is 6.10 Å². The lowest BCUT2D eigenvalue weighted by molar-refractivity contribution is -0.535. The molecule has 0 radical (unpaired) electrons. The standard InChI is InChI=1S/C15H12FNO3/c16-12-7-5-10(6-8-12)15-13(17(18)19)9-11-3-1-2-4-14(11)20-15/h1-8,13,15H,9H2/t13-,15+/m0/s1. The van der Waals surface area contributed by atoms with Crippen LogP contribution in [-0.2, 0) is 6.42 Å². The number of ether oxygens (including phenoxy) is 1. The van der Waals surface area contributed by atoms with Gasteiger partial charge in [-0.15, -0.1) is 0 Å². The predicted octanol–water partition coefficient (Wildman–Crippen LogP) is 3.15. The molecule has 0 unspecified atom stereocenters. The van der Waals surface area contributed by atoms with Crippen molar-refractivity contribution in [2.45, 2.75) is 18.6 Å². The molecule has 0 spiro atoms. The van der Waals surface area contributed by atoms with Gasteiger partial charge >= 0.3 is 0 Å². The third-order valence-corrected chi connectivity index (χ3v) is 3.47. The van der Waals surface area contributed by atoms with Crippen LogP contribution in [0.2, 0.25) is 0 Å². The molecular weight excluding hydrogens is 261 g/mol. The number of benzene rings is 2. The van der Waals surface area contributed by atoms with Crippen LogP contribution in [0, 0.1) is 15.9 Å². The van der Waals surface area contributed by atoms with Crippen LogP contribution in [0.15, 0.2) is 48.5 Å². The van der Waals surface area contributed by atoms with Crippen molar-refractivity contribution < 1.29 is 14.1 Å². The molecule has 0 saturated carbocycles. The van der Waals surface area contributed by atoms with Crippen LogP contribution in [0.25, 0.3) is 0 Å². The minimum absolute atomic E-state index is 0.311. The summed E-state index contributed by atoms with van der Waals surface area (Å²) in [6, 6.07) is 12.1. The van der Waals surface area contributed by atoms with Gasteiger partial charge in [0.25, 0.3) is 6.04 Å². The SMILES string of the molecule is O=[N+]([O-])[C@H]1Cc2ccccc2O[C@@H]1c1ccc(F)cc1. The number of hydrogen-bond donors (Lipinski definition) is 0. The highest BCUT2D eigenvalue weighted by atomic mass is 19.1. The normalized spacial score (nSPS) is 20.9. The molecule has 0 fully saturated rings. The van der Waals surface area contributed by atoms with Crippen LogP contribution >= 0.6 is 0 Å². The fourth-order valence-corrected chi connectivity index (χ4v) is 2.46. The summed E-state index contributed by atoms with van der Waals surface area (Å²) >= 11 is 0. The van der Waals surface area contributed by atoms with E-state index in [0.717, 1.165) is 5.56 Å². The Morgan fingerprint density at radius 2 is 1.85 bits per heavy atom. The quantitative estimate of drug-likeness (QED) is 0.624. The number of hydrogen-bond acceptors (Lipinski definition) is 3. The molecule has 2 aromatic rings. The van der Waals surface area contributed by atoms with E-state index >= 15 is 0 Å².